The molecule has 162 valence electrons. The van der Waals surface area contributed by atoms with Crippen LogP contribution in [-0.2, 0) is 24.3 Å². The van der Waals surface area contributed by atoms with Gasteiger partial charge in [0.25, 0.3) is 0 Å². The molecule has 0 spiro atoms. The monoisotopic (exact) mass is 427 g/mol. The van der Waals surface area contributed by atoms with Gasteiger partial charge in [-0.25, -0.2) is 8.42 Å². The number of benzene rings is 1. The number of ether oxygens (including phenoxy) is 2. The minimum atomic E-state index is -3.82. The van der Waals surface area contributed by atoms with Gasteiger partial charge in [-0.05, 0) is 31.0 Å². The van der Waals surface area contributed by atoms with Crippen molar-refractivity contribution in [1.82, 2.24) is 9.62 Å². The van der Waals surface area contributed by atoms with Gasteiger partial charge in [-0.1, -0.05) is 13.8 Å². The van der Waals surface area contributed by atoms with Crippen LogP contribution in [-0.4, -0.2) is 63.5 Å². The number of rotatable bonds is 8. The highest BCUT2D eigenvalue weighted by atomic mass is 32.2. The lowest BCUT2D eigenvalue weighted by molar-refractivity contribution is -0.126. The largest absolute Gasteiger partial charge is 0.492 e. The predicted octanol–water partition coefficient (Wildman–Crippen LogP) is 1.21. The molecule has 0 saturated carbocycles. The van der Waals surface area contributed by atoms with Gasteiger partial charge < -0.3 is 20.1 Å². The Morgan fingerprint density at radius 1 is 1.24 bits per heavy atom. The van der Waals surface area contributed by atoms with Crippen LogP contribution in [0.4, 0.5) is 5.69 Å². The molecule has 0 aliphatic carbocycles. The zero-order chi connectivity index (χ0) is 21.6. The summed E-state index contributed by atoms with van der Waals surface area (Å²) in [5, 5.41) is 5.31. The fourth-order valence-electron chi connectivity index (χ4n) is 2.96. The van der Waals surface area contributed by atoms with Crippen molar-refractivity contribution in [1.29, 1.82) is 0 Å². The van der Waals surface area contributed by atoms with Crippen LogP contribution in [0.15, 0.2) is 23.1 Å². The lowest BCUT2D eigenvalue weighted by atomic mass is 10.0. The highest BCUT2D eigenvalue weighted by molar-refractivity contribution is 7.89. The molecule has 9 nitrogen and oxygen atoms in total. The van der Waals surface area contributed by atoms with Crippen LogP contribution in [0.1, 0.15) is 27.7 Å². The van der Waals surface area contributed by atoms with E-state index in [0.29, 0.717) is 25.5 Å². The van der Waals surface area contributed by atoms with Crippen molar-refractivity contribution < 1.29 is 27.5 Å². The Morgan fingerprint density at radius 3 is 2.45 bits per heavy atom. The van der Waals surface area contributed by atoms with E-state index >= 15 is 0 Å². The fraction of sp³-hybridized carbons (Fsp3) is 0.579. The number of sulfonamides is 1. The molecular formula is C19H29N3O6S. The van der Waals surface area contributed by atoms with Gasteiger partial charge in [-0.2, -0.15) is 4.31 Å². The molecule has 1 aromatic carbocycles. The zero-order valence-electron chi connectivity index (χ0n) is 17.2. The molecule has 0 radical (unpaired) electrons. The SMILES string of the molecule is CCOc1ccc(NC(=O)[C@@H](NC(C)=O)C(C)C)cc1S(=O)(=O)N1CCOCC1. The van der Waals surface area contributed by atoms with Crippen molar-refractivity contribution in [2.24, 2.45) is 5.92 Å². The molecule has 1 heterocycles. The summed E-state index contributed by atoms with van der Waals surface area (Å²) in [6.07, 6.45) is 0. The van der Waals surface area contributed by atoms with E-state index in [1.807, 2.05) is 13.8 Å². The number of amides is 2. The zero-order valence-corrected chi connectivity index (χ0v) is 18.0. The van der Waals surface area contributed by atoms with E-state index in [0.717, 1.165) is 0 Å². The highest BCUT2D eigenvalue weighted by Gasteiger charge is 2.30. The van der Waals surface area contributed by atoms with E-state index in [-0.39, 0.29) is 35.6 Å². The van der Waals surface area contributed by atoms with Crippen molar-refractivity contribution in [3.63, 3.8) is 0 Å². The predicted molar refractivity (Wildman–Crippen MR) is 108 cm³/mol. The first kappa shape index (κ1) is 23.1. The fourth-order valence-corrected chi connectivity index (χ4v) is 4.53. The lowest BCUT2D eigenvalue weighted by Gasteiger charge is -2.27. The van der Waals surface area contributed by atoms with Crippen molar-refractivity contribution in [2.75, 3.05) is 38.2 Å². The van der Waals surface area contributed by atoms with Gasteiger partial charge in [0.2, 0.25) is 21.8 Å². The highest BCUT2D eigenvalue weighted by Crippen LogP contribution is 2.30. The molecule has 1 aliphatic rings. The minimum absolute atomic E-state index is 0.0142. The Morgan fingerprint density at radius 2 is 1.90 bits per heavy atom. The van der Waals surface area contributed by atoms with Crippen molar-refractivity contribution in [2.45, 2.75) is 38.6 Å². The molecule has 0 bridgehead atoms. The third-order valence-electron chi connectivity index (χ3n) is 4.41. The van der Waals surface area contributed by atoms with Crippen LogP contribution >= 0.6 is 0 Å². The van der Waals surface area contributed by atoms with E-state index < -0.39 is 22.0 Å². The molecule has 1 saturated heterocycles. The first-order valence-electron chi connectivity index (χ1n) is 9.59. The standard InChI is InChI=1S/C19H29N3O6S/c1-5-28-16-7-6-15(21-19(24)18(13(2)3)20-14(4)23)12-17(16)29(25,26)22-8-10-27-11-9-22/h6-7,12-13,18H,5,8-11H2,1-4H3,(H,20,23)(H,21,24)/t18-/m0/s1. The Bertz CT molecular complexity index is 834. The van der Waals surface area contributed by atoms with Gasteiger partial charge in [0.05, 0.1) is 19.8 Å². The molecule has 2 amide bonds. The Kier molecular flexibility index (Phi) is 8.00. The molecule has 0 aromatic heterocycles. The molecule has 2 N–H and O–H groups in total. The van der Waals surface area contributed by atoms with Crippen molar-refractivity contribution >= 4 is 27.5 Å². The molecule has 1 aliphatic heterocycles. The number of anilines is 1. The second kappa shape index (κ2) is 10.0. The normalized spacial score (nSPS) is 16.3. The number of morpholine rings is 1. The molecule has 29 heavy (non-hydrogen) atoms. The first-order valence-corrected chi connectivity index (χ1v) is 11.0. The maximum Gasteiger partial charge on any atom is 0.247 e. The summed E-state index contributed by atoms with van der Waals surface area (Å²) in [5.74, 6) is -0.660. The van der Waals surface area contributed by atoms with Crippen LogP contribution in [0.25, 0.3) is 0 Å². The molecule has 1 atom stereocenters. The number of hydrogen-bond donors (Lipinski definition) is 2. The molecule has 0 unspecified atom stereocenters. The third-order valence-corrected chi connectivity index (χ3v) is 6.33. The second-order valence-corrected chi connectivity index (χ2v) is 8.93. The summed E-state index contributed by atoms with van der Waals surface area (Å²) < 4.78 is 38.3. The Hall–Kier alpha value is -2.17. The number of hydrogen-bond acceptors (Lipinski definition) is 6. The van der Waals surface area contributed by atoms with Gasteiger partial charge >= 0.3 is 0 Å². The van der Waals surface area contributed by atoms with Gasteiger partial charge in [-0.15, -0.1) is 0 Å². The topological polar surface area (TPSA) is 114 Å². The summed E-state index contributed by atoms with van der Waals surface area (Å²) in [4.78, 5) is 24.0. The van der Waals surface area contributed by atoms with Gasteiger partial charge in [-0.3, -0.25) is 9.59 Å². The van der Waals surface area contributed by atoms with E-state index in [1.165, 1.54) is 23.4 Å². The van der Waals surface area contributed by atoms with Crippen LogP contribution in [0.5, 0.6) is 5.75 Å². The Balaban J connectivity index is 2.34. The first-order chi connectivity index (χ1) is 13.7. The number of carbonyl (C=O) groups is 2. The van der Waals surface area contributed by atoms with Crippen LogP contribution in [0.3, 0.4) is 0 Å². The van der Waals surface area contributed by atoms with Crippen LogP contribution in [0.2, 0.25) is 0 Å². The number of nitrogens with zero attached hydrogens (tertiary/aromatic N) is 1. The molecule has 10 heteroatoms. The van der Waals surface area contributed by atoms with E-state index in [1.54, 1.807) is 13.0 Å². The summed E-state index contributed by atoms with van der Waals surface area (Å²) in [6.45, 7) is 8.19. The molecular weight excluding hydrogens is 398 g/mol. The third kappa shape index (κ3) is 5.91. The Labute approximate surface area is 171 Å². The number of nitrogens with one attached hydrogen (secondary N) is 2. The molecule has 1 aromatic rings. The van der Waals surface area contributed by atoms with Gasteiger partial charge in [0, 0.05) is 25.7 Å². The molecule has 2 rings (SSSR count). The maximum absolute atomic E-state index is 13.1. The summed E-state index contributed by atoms with van der Waals surface area (Å²) in [7, 11) is -3.82. The van der Waals surface area contributed by atoms with Crippen LogP contribution in [0, 0.1) is 5.92 Å². The average Bonchev–Trinajstić information content (AvgIpc) is 2.67. The second-order valence-electron chi connectivity index (χ2n) is 7.02. The van der Waals surface area contributed by atoms with Gasteiger partial charge in [0.1, 0.15) is 16.7 Å². The summed E-state index contributed by atoms with van der Waals surface area (Å²) >= 11 is 0. The summed E-state index contributed by atoms with van der Waals surface area (Å²) in [6, 6.07) is 3.75. The van der Waals surface area contributed by atoms with E-state index in [4.69, 9.17) is 9.47 Å². The minimum Gasteiger partial charge on any atom is -0.492 e. The lowest BCUT2D eigenvalue weighted by Crippen LogP contribution is -2.46. The van der Waals surface area contributed by atoms with E-state index in [2.05, 4.69) is 10.6 Å². The number of carbonyl (C=O) groups excluding carboxylic acids is 2. The quantitative estimate of drug-likeness (QED) is 0.645. The average molecular weight is 428 g/mol. The van der Waals surface area contributed by atoms with Crippen molar-refractivity contribution in [3.8, 4) is 5.75 Å². The maximum atomic E-state index is 13.1. The summed E-state index contributed by atoms with van der Waals surface area (Å²) in [5.41, 5.74) is 0.307. The smallest absolute Gasteiger partial charge is 0.247 e. The van der Waals surface area contributed by atoms with Crippen LogP contribution < -0.4 is 15.4 Å². The van der Waals surface area contributed by atoms with E-state index in [9.17, 15) is 18.0 Å². The van der Waals surface area contributed by atoms with Crippen molar-refractivity contribution in [3.05, 3.63) is 18.2 Å². The molecule has 1 fully saturated rings. The van der Waals surface area contributed by atoms with Gasteiger partial charge in [0.15, 0.2) is 0 Å².